The fraction of sp³-hybridized carbons (Fsp3) is 0.600. The van der Waals surface area contributed by atoms with Gasteiger partial charge < -0.3 is 5.11 Å². The number of aliphatic hydroxyl groups is 1. The van der Waals surface area contributed by atoms with Crippen LogP contribution in [0.4, 0.5) is 8.78 Å². The molecule has 1 N–H and O–H groups in total. The molecule has 3 heteroatoms. The van der Waals surface area contributed by atoms with Crippen molar-refractivity contribution in [3.63, 3.8) is 0 Å². The third kappa shape index (κ3) is 3.77. The van der Waals surface area contributed by atoms with Gasteiger partial charge in [-0.05, 0) is 24.0 Å². The van der Waals surface area contributed by atoms with Crippen molar-refractivity contribution in [2.24, 2.45) is 5.92 Å². The summed E-state index contributed by atoms with van der Waals surface area (Å²) in [4.78, 5) is 0. The largest absolute Gasteiger partial charge is 0.396 e. The summed E-state index contributed by atoms with van der Waals surface area (Å²) < 4.78 is 28.0. The molecule has 1 nitrogen and oxygen atoms in total. The van der Waals surface area contributed by atoms with Crippen LogP contribution < -0.4 is 0 Å². The Bertz CT molecular complexity index is 371. The van der Waals surface area contributed by atoms with Crippen molar-refractivity contribution in [1.29, 1.82) is 0 Å². The Kier molecular flexibility index (Phi) is 5.27. The zero-order valence-electron chi connectivity index (χ0n) is 11.3. The molecule has 1 atom stereocenters. The summed E-state index contributed by atoms with van der Waals surface area (Å²) in [5.74, 6) is -2.90. The minimum absolute atomic E-state index is 0.00426. The maximum absolute atomic E-state index is 14.0. The Morgan fingerprint density at radius 2 is 1.94 bits per heavy atom. The van der Waals surface area contributed by atoms with E-state index in [0.29, 0.717) is 0 Å². The second-order valence-electron chi connectivity index (χ2n) is 5.22. The molecule has 0 aliphatic heterocycles. The Morgan fingerprint density at radius 1 is 1.28 bits per heavy atom. The minimum Gasteiger partial charge on any atom is -0.396 e. The number of rotatable bonds is 6. The van der Waals surface area contributed by atoms with Gasteiger partial charge in [-0.25, -0.2) is 8.78 Å². The van der Waals surface area contributed by atoms with Crippen molar-refractivity contribution in [3.05, 3.63) is 35.4 Å². The first kappa shape index (κ1) is 15.1. The average Bonchev–Trinajstić information content (AvgIpc) is 2.29. The van der Waals surface area contributed by atoms with Crippen molar-refractivity contribution >= 4 is 0 Å². The van der Waals surface area contributed by atoms with Gasteiger partial charge in [0, 0.05) is 24.5 Å². The van der Waals surface area contributed by atoms with Crippen molar-refractivity contribution in [2.75, 3.05) is 6.61 Å². The Balaban J connectivity index is 3.00. The highest BCUT2D eigenvalue weighted by Gasteiger charge is 2.32. The fourth-order valence-electron chi connectivity index (χ4n) is 2.12. The molecule has 0 aliphatic carbocycles. The van der Waals surface area contributed by atoms with Crippen molar-refractivity contribution in [1.82, 2.24) is 0 Å². The fourth-order valence-corrected chi connectivity index (χ4v) is 2.12. The summed E-state index contributed by atoms with van der Waals surface area (Å²) in [6, 6.07) is 6.46. The summed E-state index contributed by atoms with van der Waals surface area (Å²) in [7, 11) is 0. The molecule has 0 bridgehead atoms. The normalized spacial score (nSPS) is 13.9. The van der Waals surface area contributed by atoms with E-state index in [0.717, 1.165) is 12.0 Å². The molecule has 0 saturated carbocycles. The van der Waals surface area contributed by atoms with E-state index < -0.39 is 5.92 Å². The summed E-state index contributed by atoms with van der Waals surface area (Å²) in [6.07, 6.45) is 0.599. The number of hydrogen-bond acceptors (Lipinski definition) is 1. The van der Waals surface area contributed by atoms with Crippen LogP contribution in [0.1, 0.15) is 50.7 Å². The van der Waals surface area contributed by atoms with Crippen LogP contribution in [0.3, 0.4) is 0 Å². The first-order valence-corrected chi connectivity index (χ1v) is 6.49. The summed E-state index contributed by atoms with van der Waals surface area (Å²) in [5.41, 5.74) is 0.849. The molecular formula is C15H22F2O. The first-order chi connectivity index (χ1) is 8.40. The van der Waals surface area contributed by atoms with Crippen LogP contribution in [0, 0.1) is 5.92 Å². The quantitative estimate of drug-likeness (QED) is 0.804. The molecular weight excluding hydrogens is 234 g/mol. The molecule has 1 unspecified atom stereocenters. The van der Waals surface area contributed by atoms with Gasteiger partial charge in [0.05, 0.1) is 0 Å². The van der Waals surface area contributed by atoms with Gasteiger partial charge >= 0.3 is 0 Å². The molecule has 0 aromatic heterocycles. The van der Waals surface area contributed by atoms with Gasteiger partial charge in [-0.15, -0.1) is 0 Å². The van der Waals surface area contributed by atoms with Gasteiger partial charge in [-0.3, -0.25) is 0 Å². The van der Waals surface area contributed by atoms with Crippen LogP contribution in [0.25, 0.3) is 0 Å². The lowest BCUT2D eigenvalue weighted by atomic mass is 9.92. The summed E-state index contributed by atoms with van der Waals surface area (Å²) >= 11 is 0. The monoisotopic (exact) mass is 256 g/mol. The lowest BCUT2D eigenvalue weighted by Crippen LogP contribution is -2.17. The van der Waals surface area contributed by atoms with Gasteiger partial charge in [-0.2, -0.15) is 0 Å². The van der Waals surface area contributed by atoms with E-state index in [9.17, 15) is 13.9 Å². The van der Waals surface area contributed by atoms with Crippen LogP contribution in [0.15, 0.2) is 24.3 Å². The highest BCUT2D eigenvalue weighted by Crippen LogP contribution is 2.36. The van der Waals surface area contributed by atoms with E-state index in [4.69, 9.17) is 0 Å². The summed E-state index contributed by atoms with van der Waals surface area (Å²) in [6.45, 7) is 5.52. The minimum atomic E-state index is -2.79. The maximum Gasteiger partial charge on any atom is 0.273 e. The zero-order chi connectivity index (χ0) is 13.8. The molecule has 1 rings (SSSR count). The topological polar surface area (TPSA) is 20.2 Å². The Morgan fingerprint density at radius 3 is 2.44 bits per heavy atom. The van der Waals surface area contributed by atoms with E-state index in [1.54, 1.807) is 26.0 Å². The smallest absolute Gasteiger partial charge is 0.273 e. The second kappa shape index (κ2) is 6.28. The molecule has 0 heterocycles. The zero-order valence-corrected chi connectivity index (χ0v) is 11.3. The molecule has 18 heavy (non-hydrogen) atoms. The van der Waals surface area contributed by atoms with E-state index in [2.05, 4.69) is 0 Å². The van der Waals surface area contributed by atoms with Crippen molar-refractivity contribution in [2.45, 2.75) is 45.5 Å². The molecule has 0 fully saturated rings. The number of alkyl halides is 2. The molecule has 0 amide bonds. The van der Waals surface area contributed by atoms with Gasteiger partial charge in [0.25, 0.3) is 5.92 Å². The predicted molar refractivity (Wildman–Crippen MR) is 69.9 cm³/mol. The van der Waals surface area contributed by atoms with Gasteiger partial charge in [0.15, 0.2) is 0 Å². The molecule has 1 aromatic rings. The van der Waals surface area contributed by atoms with E-state index >= 15 is 0 Å². The second-order valence-corrected chi connectivity index (χ2v) is 5.22. The molecule has 0 saturated heterocycles. The van der Waals surface area contributed by atoms with E-state index in [-0.39, 0.29) is 30.4 Å². The van der Waals surface area contributed by atoms with Crippen LogP contribution in [-0.4, -0.2) is 11.7 Å². The number of hydrogen-bond donors (Lipinski definition) is 1. The molecule has 0 spiro atoms. The molecule has 0 radical (unpaired) electrons. The van der Waals surface area contributed by atoms with E-state index in [1.165, 1.54) is 12.1 Å². The van der Waals surface area contributed by atoms with Gasteiger partial charge in [0.2, 0.25) is 0 Å². The van der Waals surface area contributed by atoms with Crippen LogP contribution in [0.5, 0.6) is 0 Å². The molecule has 1 aromatic carbocycles. The van der Waals surface area contributed by atoms with Crippen LogP contribution >= 0.6 is 0 Å². The van der Waals surface area contributed by atoms with Crippen LogP contribution in [-0.2, 0) is 5.92 Å². The average molecular weight is 256 g/mol. The standard InChI is InChI=1S/C15H22F2O/c1-4-12(10-18)13-6-5-7-14(8-13)15(16,17)9-11(2)3/h5-8,11-12,18H,4,9-10H2,1-3H3. The van der Waals surface area contributed by atoms with Crippen LogP contribution in [0.2, 0.25) is 0 Å². The number of aliphatic hydroxyl groups excluding tert-OH is 1. The molecule has 0 aliphatic rings. The SMILES string of the molecule is CCC(CO)c1cccc(C(F)(F)CC(C)C)c1. The first-order valence-electron chi connectivity index (χ1n) is 6.49. The Hall–Kier alpha value is -0.960. The predicted octanol–water partition coefficient (Wildman–Crippen LogP) is 4.31. The molecule has 102 valence electrons. The highest BCUT2D eigenvalue weighted by atomic mass is 19.3. The number of halogens is 2. The van der Waals surface area contributed by atoms with Crippen molar-refractivity contribution < 1.29 is 13.9 Å². The van der Waals surface area contributed by atoms with E-state index in [1.807, 2.05) is 6.92 Å². The number of benzene rings is 1. The lowest BCUT2D eigenvalue weighted by Gasteiger charge is -2.21. The van der Waals surface area contributed by atoms with Gasteiger partial charge in [-0.1, -0.05) is 39.0 Å². The third-order valence-electron chi connectivity index (χ3n) is 3.16. The van der Waals surface area contributed by atoms with Gasteiger partial charge in [0.1, 0.15) is 0 Å². The maximum atomic E-state index is 14.0. The van der Waals surface area contributed by atoms with Crippen molar-refractivity contribution in [3.8, 4) is 0 Å². The third-order valence-corrected chi connectivity index (χ3v) is 3.16. The summed E-state index contributed by atoms with van der Waals surface area (Å²) in [5, 5.41) is 9.23. The Labute approximate surface area is 108 Å². The lowest BCUT2D eigenvalue weighted by molar-refractivity contribution is -0.0250. The highest BCUT2D eigenvalue weighted by molar-refractivity contribution is 5.29.